The lowest BCUT2D eigenvalue weighted by atomic mass is 9.44. The first-order valence-electron chi connectivity index (χ1n) is 9.70. The predicted molar refractivity (Wildman–Crippen MR) is 91.9 cm³/mol. The van der Waals surface area contributed by atoms with Crippen molar-refractivity contribution >= 4 is 0 Å². The standard InChI is InChI=1S/C21H35N/c1-13-10-15-12-20(2,3)11-14-6-7-17-19(18(14)15)16(13)8-9-21(17,4)22-5/h11,13,15-19H,5-10,12,22H2,1-4H3/t13-,15-,16+,17-,18-,19+,21-/m0/s1. The number of quaternary nitrogens is 1. The molecule has 1 nitrogen and oxygen atoms in total. The molecular formula is C21H35N. The number of hydrogen-bond donors (Lipinski definition) is 1. The van der Waals surface area contributed by atoms with Crippen LogP contribution in [-0.4, -0.2) is 5.54 Å². The van der Waals surface area contributed by atoms with Crippen LogP contribution in [0.2, 0.25) is 0 Å². The highest BCUT2D eigenvalue weighted by molar-refractivity contribution is 5.25. The molecule has 3 fully saturated rings. The zero-order chi connectivity index (χ0) is 15.7. The van der Waals surface area contributed by atoms with Crippen LogP contribution in [0.3, 0.4) is 0 Å². The first-order valence-corrected chi connectivity index (χ1v) is 9.70. The summed E-state index contributed by atoms with van der Waals surface area (Å²) in [7, 11) is 4.24. The predicted octanol–water partition coefficient (Wildman–Crippen LogP) is 4.16. The normalized spacial score (nSPS) is 52.7. The summed E-state index contributed by atoms with van der Waals surface area (Å²) in [5.74, 6) is 5.67. The van der Waals surface area contributed by atoms with E-state index in [1.54, 1.807) is 0 Å². The highest BCUT2D eigenvalue weighted by Gasteiger charge is 2.58. The molecule has 3 saturated carbocycles. The van der Waals surface area contributed by atoms with Crippen molar-refractivity contribution in [3.63, 3.8) is 0 Å². The van der Waals surface area contributed by atoms with Gasteiger partial charge in [0.25, 0.3) is 0 Å². The summed E-state index contributed by atoms with van der Waals surface area (Å²) in [6.07, 6.45) is 11.2. The van der Waals surface area contributed by atoms with Gasteiger partial charge in [-0.1, -0.05) is 32.4 Å². The lowest BCUT2D eigenvalue weighted by Crippen LogP contribution is -2.94. The second-order valence-electron chi connectivity index (χ2n) is 10.0. The molecule has 4 rings (SSSR count). The summed E-state index contributed by atoms with van der Waals surface area (Å²) < 4.78 is 0. The maximum Gasteiger partial charge on any atom is 0.0726 e. The number of nitrogens with two attached hydrogens (primary N) is 1. The molecule has 22 heavy (non-hydrogen) atoms. The van der Waals surface area contributed by atoms with Gasteiger partial charge in [-0.2, -0.15) is 7.05 Å². The quantitative estimate of drug-likeness (QED) is 0.553. The third-order valence-electron chi connectivity index (χ3n) is 8.15. The van der Waals surface area contributed by atoms with E-state index < -0.39 is 0 Å². The Morgan fingerprint density at radius 3 is 2.73 bits per heavy atom. The van der Waals surface area contributed by atoms with Gasteiger partial charge in [0.1, 0.15) is 0 Å². The Morgan fingerprint density at radius 2 is 2.00 bits per heavy atom. The highest BCUT2D eigenvalue weighted by atomic mass is 15.0. The first kappa shape index (κ1) is 15.2. The summed E-state index contributed by atoms with van der Waals surface area (Å²) in [4.78, 5) is 0. The third kappa shape index (κ3) is 2.07. The Balaban J connectivity index is 1.77. The molecule has 0 saturated heterocycles. The average molecular weight is 302 g/mol. The van der Waals surface area contributed by atoms with Crippen LogP contribution in [-0.2, 0) is 0 Å². The van der Waals surface area contributed by atoms with Crippen LogP contribution in [0.5, 0.6) is 0 Å². The Morgan fingerprint density at radius 1 is 1.23 bits per heavy atom. The molecule has 1 heteroatoms. The Labute approximate surface area is 137 Å². The Kier molecular flexibility index (Phi) is 3.36. The minimum atomic E-state index is 0.404. The van der Waals surface area contributed by atoms with Crippen molar-refractivity contribution in [1.82, 2.24) is 0 Å². The van der Waals surface area contributed by atoms with Crippen LogP contribution in [0.15, 0.2) is 11.6 Å². The van der Waals surface area contributed by atoms with E-state index in [4.69, 9.17) is 0 Å². The van der Waals surface area contributed by atoms with Gasteiger partial charge in [-0.15, -0.1) is 0 Å². The molecule has 0 radical (unpaired) electrons. The average Bonchev–Trinajstić information content (AvgIpc) is 2.45. The topological polar surface area (TPSA) is 16.6 Å². The minimum Gasteiger partial charge on any atom is -0.474 e. The molecule has 0 heterocycles. The van der Waals surface area contributed by atoms with E-state index in [0.717, 1.165) is 35.5 Å². The van der Waals surface area contributed by atoms with E-state index in [2.05, 4.69) is 46.1 Å². The van der Waals surface area contributed by atoms with E-state index in [1.165, 1.54) is 38.5 Å². The maximum atomic E-state index is 4.24. The van der Waals surface area contributed by atoms with Gasteiger partial charge in [-0.05, 0) is 74.0 Å². The van der Waals surface area contributed by atoms with Crippen molar-refractivity contribution in [3.05, 3.63) is 18.7 Å². The number of hydrogen-bond acceptors (Lipinski definition) is 0. The third-order valence-corrected chi connectivity index (χ3v) is 8.15. The van der Waals surface area contributed by atoms with Crippen molar-refractivity contribution in [2.24, 2.45) is 40.9 Å². The Bertz CT molecular complexity index is 490. The van der Waals surface area contributed by atoms with Crippen molar-refractivity contribution < 1.29 is 5.32 Å². The maximum absolute atomic E-state index is 4.24. The second kappa shape index (κ2) is 4.85. The summed E-state index contributed by atoms with van der Waals surface area (Å²) in [5, 5.41) is 2.32. The summed E-state index contributed by atoms with van der Waals surface area (Å²) in [6.45, 7) is 10.0. The smallest absolute Gasteiger partial charge is 0.0726 e. The van der Waals surface area contributed by atoms with E-state index in [-0.39, 0.29) is 0 Å². The lowest BCUT2D eigenvalue weighted by molar-refractivity contribution is -0.688. The summed E-state index contributed by atoms with van der Waals surface area (Å²) >= 11 is 0. The molecule has 4 aliphatic rings. The molecule has 0 unspecified atom stereocenters. The lowest BCUT2D eigenvalue weighted by Gasteiger charge is -2.62. The van der Waals surface area contributed by atoms with Gasteiger partial charge in [0.15, 0.2) is 0 Å². The Hall–Kier alpha value is -0.300. The van der Waals surface area contributed by atoms with Gasteiger partial charge in [0.05, 0.1) is 5.54 Å². The summed E-state index contributed by atoms with van der Waals surface area (Å²) in [6, 6.07) is 0. The molecule has 0 aromatic heterocycles. The van der Waals surface area contributed by atoms with E-state index in [0.29, 0.717) is 11.0 Å². The van der Waals surface area contributed by atoms with Gasteiger partial charge in [0, 0.05) is 12.3 Å². The zero-order valence-electron chi connectivity index (χ0n) is 15.1. The van der Waals surface area contributed by atoms with Gasteiger partial charge < -0.3 is 5.32 Å². The molecule has 2 N–H and O–H groups in total. The van der Waals surface area contributed by atoms with Crippen LogP contribution >= 0.6 is 0 Å². The molecule has 0 bridgehead atoms. The molecule has 0 aliphatic heterocycles. The molecule has 7 atom stereocenters. The fourth-order valence-electron chi connectivity index (χ4n) is 7.32. The van der Waals surface area contributed by atoms with Crippen LogP contribution in [0, 0.1) is 48.0 Å². The molecular weight excluding hydrogens is 266 g/mol. The van der Waals surface area contributed by atoms with Crippen molar-refractivity contribution in [2.75, 3.05) is 0 Å². The van der Waals surface area contributed by atoms with E-state index in [9.17, 15) is 0 Å². The monoisotopic (exact) mass is 301 g/mol. The van der Waals surface area contributed by atoms with Gasteiger partial charge in [0.2, 0.25) is 0 Å². The molecule has 124 valence electrons. The largest absolute Gasteiger partial charge is 0.474 e. The fourth-order valence-corrected chi connectivity index (χ4v) is 7.32. The van der Waals surface area contributed by atoms with Gasteiger partial charge in [-0.3, -0.25) is 0 Å². The number of rotatable bonds is 1. The van der Waals surface area contributed by atoms with Crippen LogP contribution < -0.4 is 5.32 Å². The number of allylic oxidation sites excluding steroid dienone is 2. The minimum absolute atomic E-state index is 0.404. The zero-order valence-corrected chi connectivity index (χ0v) is 15.1. The van der Waals surface area contributed by atoms with Crippen LogP contribution in [0.25, 0.3) is 0 Å². The van der Waals surface area contributed by atoms with Crippen molar-refractivity contribution in [3.8, 4) is 0 Å². The summed E-state index contributed by atoms with van der Waals surface area (Å²) in [5.41, 5.74) is 2.70. The molecule has 0 spiro atoms. The molecule has 0 amide bonds. The fraction of sp³-hybridized carbons (Fsp3) is 0.857. The first-order chi connectivity index (χ1) is 10.3. The van der Waals surface area contributed by atoms with Crippen molar-refractivity contribution in [1.29, 1.82) is 0 Å². The van der Waals surface area contributed by atoms with Crippen LogP contribution in [0.4, 0.5) is 0 Å². The molecule has 4 aliphatic carbocycles. The molecule has 0 aromatic carbocycles. The van der Waals surface area contributed by atoms with E-state index >= 15 is 0 Å². The van der Waals surface area contributed by atoms with Gasteiger partial charge in [-0.25, -0.2) is 0 Å². The van der Waals surface area contributed by atoms with Gasteiger partial charge >= 0.3 is 0 Å². The molecule has 0 aromatic rings. The van der Waals surface area contributed by atoms with Crippen LogP contribution in [0.1, 0.15) is 66.2 Å². The second-order valence-corrected chi connectivity index (χ2v) is 10.0. The van der Waals surface area contributed by atoms with Crippen molar-refractivity contribution in [2.45, 2.75) is 71.8 Å². The highest BCUT2D eigenvalue weighted by Crippen LogP contribution is 2.62. The van der Waals surface area contributed by atoms with E-state index in [1.807, 2.05) is 5.57 Å². The SMILES string of the molecule is [CH2-][NH2+][C@@]1(C)CC[C@H]2[C@H]3[C@H]4C(=CC(C)(C)C[C@@H]4C[C@@H]2C)CC[C@@H]31.